The molecule has 1 aromatic heterocycles. The highest BCUT2D eigenvalue weighted by molar-refractivity contribution is 14.1. The number of sulfonamides is 1. The van der Waals surface area contributed by atoms with E-state index in [4.69, 9.17) is 9.26 Å². The van der Waals surface area contributed by atoms with Crippen molar-refractivity contribution in [3.63, 3.8) is 0 Å². The van der Waals surface area contributed by atoms with Gasteiger partial charge in [0.1, 0.15) is 5.75 Å². The molecule has 3 rings (SSSR count). The van der Waals surface area contributed by atoms with Gasteiger partial charge in [-0.1, -0.05) is 50.2 Å². The van der Waals surface area contributed by atoms with Crippen LogP contribution in [-0.2, 0) is 22.0 Å². The number of ether oxygens (including phenoxy) is 1. The lowest BCUT2D eigenvalue weighted by molar-refractivity contribution is 0.336. The molecule has 0 saturated carbocycles. The highest BCUT2D eigenvalue weighted by Gasteiger charge is 2.24. The van der Waals surface area contributed by atoms with E-state index < -0.39 is 10.0 Å². The first kappa shape index (κ1) is 22.7. The van der Waals surface area contributed by atoms with E-state index in [0.29, 0.717) is 15.1 Å². The number of hydrogen-bond acceptors (Lipinski definition) is 6. The zero-order valence-corrected chi connectivity index (χ0v) is 20.5. The summed E-state index contributed by atoms with van der Waals surface area (Å²) in [4.78, 5) is 4.53. The number of halogens is 1. The molecule has 9 heteroatoms. The predicted octanol–water partition coefficient (Wildman–Crippen LogP) is 4.47. The first-order chi connectivity index (χ1) is 14.0. The summed E-state index contributed by atoms with van der Waals surface area (Å²) >= 11 is 2.04. The van der Waals surface area contributed by atoms with Gasteiger partial charge in [-0.15, -0.1) is 0 Å². The van der Waals surface area contributed by atoms with Crippen molar-refractivity contribution in [1.29, 1.82) is 0 Å². The lowest BCUT2D eigenvalue weighted by atomic mass is 9.87. The molecule has 0 unspecified atom stereocenters. The molecule has 0 aliphatic heterocycles. The number of hydrogen-bond donors (Lipinski definition) is 0. The van der Waals surface area contributed by atoms with Gasteiger partial charge < -0.3 is 9.26 Å². The molecule has 0 aliphatic carbocycles. The number of aromatic nitrogens is 2. The van der Waals surface area contributed by atoms with Gasteiger partial charge in [0.15, 0.2) is 0 Å². The van der Waals surface area contributed by atoms with Crippen LogP contribution >= 0.6 is 22.6 Å². The van der Waals surface area contributed by atoms with Crippen LogP contribution in [0.4, 0.5) is 0 Å². The second kappa shape index (κ2) is 8.64. The average molecular weight is 541 g/mol. The van der Waals surface area contributed by atoms with Crippen molar-refractivity contribution in [1.82, 2.24) is 14.4 Å². The van der Waals surface area contributed by atoms with Crippen LogP contribution in [0.2, 0.25) is 0 Å². The second-order valence-corrected chi connectivity index (χ2v) is 11.1. The van der Waals surface area contributed by atoms with Gasteiger partial charge in [-0.3, -0.25) is 0 Å². The van der Waals surface area contributed by atoms with Gasteiger partial charge in [0.25, 0.3) is 0 Å². The topological polar surface area (TPSA) is 85.5 Å². The summed E-state index contributed by atoms with van der Waals surface area (Å²) in [7, 11) is -0.693. The fraction of sp³-hybridized carbons (Fsp3) is 0.333. The summed E-state index contributed by atoms with van der Waals surface area (Å²) in [5.74, 6) is 1.27. The molecule has 0 fully saturated rings. The molecule has 0 aliphatic rings. The Morgan fingerprint density at radius 2 is 1.80 bits per heavy atom. The lowest BCUT2D eigenvalue weighted by Gasteiger charge is -2.18. The van der Waals surface area contributed by atoms with Crippen LogP contribution in [0.25, 0.3) is 11.4 Å². The molecule has 0 saturated heterocycles. The van der Waals surface area contributed by atoms with Crippen molar-refractivity contribution >= 4 is 32.6 Å². The molecule has 30 heavy (non-hydrogen) atoms. The fourth-order valence-electron chi connectivity index (χ4n) is 2.82. The minimum atomic E-state index is -3.72. The van der Waals surface area contributed by atoms with E-state index in [1.54, 1.807) is 19.2 Å². The van der Waals surface area contributed by atoms with Crippen LogP contribution in [-0.4, -0.2) is 37.0 Å². The molecule has 0 radical (unpaired) electrons. The molecule has 160 valence electrons. The quantitative estimate of drug-likeness (QED) is 0.429. The van der Waals surface area contributed by atoms with Crippen LogP contribution in [0.5, 0.6) is 5.75 Å². The van der Waals surface area contributed by atoms with Gasteiger partial charge in [0.05, 0.1) is 22.1 Å². The molecule has 2 aromatic carbocycles. The van der Waals surface area contributed by atoms with E-state index in [1.807, 2.05) is 46.9 Å². The minimum Gasteiger partial charge on any atom is -0.496 e. The van der Waals surface area contributed by atoms with Gasteiger partial charge in [0, 0.05) is 12.6 Å². The third-order valence-corrected chi connectivity index (χ3v) is 7.31. The summed E-state index contributed by atoms with van der Waals surface area (Å²) in [5.41, 5.74) is 2.07. The Morgan fingerprint density at radius 3 is 2.37 bits per heavy atom. The smallest absolute Gasteiger partial charge is 0.243 e. The number of methoxy groups -OCH3 is 1. The van der Waals surface area contributed by atoms with Crippen LogP contribution < -0.4 is 4.74 Å². The van der Waals surface area contributed by atoms with E-state index >= 15 is 0 Å². The van der Waals surface area contributed by atoms with Gasteiger partial charge in [0.2, 0.25) is 21.7 Å². The molecular weight excluding hydrogens is 517 g/mol. The normalized spacial score (nSPS) is 12.4. The largest absolute Gasteiger partial charge is 0.496 e. The van der Waals surface area contributed by atoms with E-state index in [1.165, 1.54) is 23.0 Å². The molecule has 0 bridgehead atoms. The molecule has 3 aromatic rings. The molecule has 7 nitrogen and oxygen atoms in total. The van der Waals surface area contributed by atoms with Crippen molar-refractivity contribution in [3.05, 3.63) is 57.5 Å². The van der Waals surface area contributed by atoms with Gasteiger partial charge in [-0.2, -0.15) is 9.29 Å². The Hall–Kier alpha value is -1.98. The van der Waals surface area contributed by atoms with Crippen LogP contribution in [0, 0.1) is 3.57 Å². The SMILES string of the molecule is COc1ccc(S(=O)(=O)N(C)Cc2nc(-c3ccc(C(C)(C)C)cc3)no2)cc1I. The third-order valence-electron chi connectivity index (χ3n) is 4.67. The highest BCUT2D eigenvalue weighted by Crippen LogP contribution is 2.27. The molecule has 1 heterocycles. The highest BCUT2D eigenvalue weighted by atomic mass is 127. The van der Waals surface area contributed by atoms with Crippen molar-refractivity contribution in [2.45, 2.75) is 37.6 Å². The maximum absolute atomic E-state index is 12.9. The Bertz CT molecular complexity index is 1140. The fourth-order valence-corrected chi connectivity index (χ4v) is 4.91. The maximum atomic E-state index is 12.9. The van der Waals surface area contributed by atoms with E-state index in [2.05, 4.69) is 30.9 Å². The summed E-state index contributed by atoms with van der Waals surface area (Å²) in [5, 5.41) is 4.00. The van der Waals surface area contributed by atoms with Crippen LogP contribution in [0.15, 0.2) is 51.9 Å². The van der Waals surface area contributed by atoms with Gasteiger partial charge in [-0.05, 0) is 51.8 Å². The maximum Gasteiger partial charge on any atom is 0.243 e. The number of nitrogens with zero attached hydrogens (tertiary/aromatic N) is 3. The zero-order valence-electron chi connectivity index (χ0n) is 17.5. The van der Waals surface area contributed by atoms with Crippen LogP contribution in [0.3, 0.4) is 0 Å². The monoisotopic (exact) mass is 541 g/mol. The Balaban J connectivity index is 1.77. The zero-order chi connectivity index (χ0) is 22.1. The third kappa shape index (κ3) is 4.84. The number of rotatable bonds is 6. The standard InChI is InChI=1S/C21H24IN3O4S/c1-21(2,3)15-8-6-14(7-9-15)20-23-19(29-24-20)13-25(4)30(26,27)16-10-11-18(28-5)17(22)12-16/h6-12H,13H2,1-5H3. The number of benzene rings is 2. The molecular formula is C21H24IN3O4S. The molecule has 0 atom stereocenters. The first-order valence-corrected chi connectivity index (χ1v) is 11.8. The van der Waals surface area contributed by atoms with Gasteiger partial charge >= 0.3 is 0 Å². The summed E-state index contributed by atoms with van der Waals surface area (Å²) in [6.07, 6.45) is 0. The van der Waals surface area contributed by atoms with Crippen LogP contribution in [0.1, 0.15) is 32.2 Å². The first-order valence-electron chi connectivity index (χ1n) is 9.26. The Labute approximate surface area is 190 Å². The summed E-state index contributed by atoms with van der Waals surface area (Å²) in [6.45, 7) is 6.41. The molecule has 0 N–H and O–H groups in total. The van der Waals surface area contributed by atoms with Crippen molar-refractivity contribution < 1.29 is 17.7 Å². The Kier molecular flexibility index (Phi) is 6.54. The second-order valence-electron chi connectivity index (χ2n) is 7.90. The van der Waals surface area contributed by atoms with Crippen molar-refractivity contribution in [3.8, 4) is 17.1 Å². The minimum absolute atomic E-state index is 0.0297. The van der Waals surface area contributed by atoms with E-state index in [-0.39, 0.29) is 22.7 Å². The Morgan fingerprint density at radius 1 is 1.13 bits per heavy atom. The lowest BCUT2D eigenvalue weighted by Crippen LogP contribution is -2.26. The summed E-state index contributed by atoms with van der Waals surface area (Å²) in [6, 6.07) is 12.7. The summed E-state index contributed by atoms with van der Waals surface area (Å²) < 4.78 is 38.2. The molecule has 0 amide bonds. The van der Waals surface area contributed by atoms with Gasteiger partial charge in [-0.25, -0.2) is 8.42 Å². The van der Waals surface area contributed by atoms with Crippen molar-refractivity contribution in [2.24, 2.45) is 0 Å². The predicted molar refractivity (Wildman–Crippen MR) is 123 cm³/mol. The van der Waals surface area contributed by atoms with E-state index in [0.717, 1.165) is 5.56 Å². The van der Waals surface area contributed by atoms with E-state index in [9.17, 15) is 8.42 Å². The molecule has 0 spiro atoms. The average Bonchev–Trinajstić information content (AvgIpc) is 3.15. The van der Waals surface area contributed by atoms with Crippen molar-refractivity contribution in [2.75, 3.05) is 14.2 Å².